The van der Waals surface area contributed by atoms with E-state index in [1.165, 1.54) is 0 Å². The van der Waals surface area contributed by atoms with Gasteiger partial charge in [-0.2, -0.15) is 0 Å². The van der Waals surface area contributed by atoms with Gasteiger partial charge in [-0.1, -0.05) is 42.5 Å². The number of rotatable bonds is 8. The maximum atomic E-state index is 12.4. The van der Waals surface area contributed by atoms with Crippen molar-refractivity contribution < 1.29 is 14.3 Å². The number of carbonyl (C=O) groups is 1. The molecule has 6 heteroatoms. The lowest BCUT2D eigenvalue weighted by Gasteiger charge is -2.11. The van der Waals surface area contributed by atoms with Gasteiger partial charge in [0.25, 0.3) is 5.91 Å². The summed E-state index contributed by atoms with van der Waals surface area (Å²) in [5.41, 5.74) is 3.46. The van der Waals surface area contributed by atoms with Crippen LogP contribution >= 0.6 is 12.2 Å². The van der Waals surface area contributed by atoms with Gasteiger partial charge in [0, 0.05) is 17.9 Å². The first-order chi connectivity index (χ1) is 14.7. The van der Waals surface area contributed by atoms with Crippen LogP contribution in [0, 0.1) is 0 Å². The lowest BCUT2D eigenvalue weighted by Crippen LogP contribution is -2.34. The fourth-order valence-corrected chi connectivity index (χ4v) is 2.99. The highest BCUT2D eigenvalue weighted by Gasteiger charge is 2.08. The lowest BCUT2D eigenvalue weighted by atomic mass is 10.0. The van der Waals surface area contributed by atoms with Gasteiger partial charge in [0.15, 0.2) is 5.11 Å². The van der Waals surface area contributed by atoms with Crippen molar-refractivity contribution in [3.63, 3.8) is 0 Å². The van der Waals surface area contributed by atoms with E-state index in [-0.39, 0.29) is 11.0 Å². The molecule has 0 saturated carbocycles. The number of ether oxygens (including phenoxy) is 2. The van der Waals surface area contributed by atoms with Gasteiger partial charge in [0.2, 0.25) is 0 Å². The van der Waals surface area contributed by atoms with Gasteiger partial charge < -0.3 is 14.8 Å². The molecular formula is C24H24N2O3S. The van der Waals surface area contributed by atoms with E-state index in [0.29, 0.717) is 25.4 Å². The molecule has 0 aliphatic rings. The minimum atomic E-state index is -0.261. The van der Waals surface area contributed by atoms with E-state index < -0.39 is 0 Å². The van der Waals surface area contributed by atoms with Crippen molar-refractivity contribution in [1.82, 2.24) is 5.32 Å². The summed E-state index contributed by atoms with van der Waals surface area (Å²) in [6, 6.07) is 24.8. The van der Waals surface area contributed by atoms with E-state index >= 15 is 0 Å². The zero-order valence-corrected chi connectivity index (χ0v) is 17.6. The molecule has 0 aliphatic carbocycles. The third-order valence-electron chi connectivity index (χ3n) is 4.29. The molecule has 5 nitrogen and oxygen atoms in total. The average molecular weight is 421 g/mol. The second-order valence-corrected chi connectivity index (χ2v) is 6.83. The van der Waals surface area contributed by atoms with E-state index in [9.17, 15) is 4.79 Å². The molecule has 0 saturated heterocycles. The first-order valence-electron chi connectivity index (χ1n) is 9.74. The predicted molar refractivity (Wildman–Crippen MR) is 124 cm³/mol. The Labute approximate surface area is 182 Å². The molecule has 3 aromatic carbocycles. The molecule has 0 heterocycles. The fourth-order valence-electron chi connectivity index (χ4n) is 2.78. The molecule has 0 aliphatic heterocycles. The molecule has 0 bridgehead atoms. The third kappa shape index (κ3) is 6.40. The van der Waals surface area contributed by atoms with E-state index in [1.54, 1.807) is 12.1 Å². The Bertz CT molecular complexity index is 958. The number of carbonyl (C=O) groups excluding carboxylic acids is 1. The molecule has 0 radical (unpaired) electrons. The second kappa shape index (κ2) is 11.1. The average Bonchev–Trinajstić information content (AvgIpc) is 2.78. The summed E-state index contributed by atoms with van der Waals surface area (Å²) < 4.78 is 10.8. The molecule has 3 rings (SSSR count). The van der Waals surface area contributed by atoms with Gasteiger partial charge in [-0.15, -0.1) is 0 Å². The van der Waals surface area contributed by atoms with E-state index in [4.69, 9.17) is 21.7 Å². The Morgan fingerprint density at radius 3 is 2.20 bits per heavy atom. The van der Waals surface area contributed by atoms with Crippen LogP contribution in [-0.4, -0.2) is 30.8 Å². The Balaban J connectivity index is 1.50. The van der Waals surface area contributed by atoms with Gasteiger partial charge >= 0.3 is 0 Å². The van der Waals surface area contributed by atoms with Crippen molar-refractivity contribution in [1.29, 1.82) is 0 Å². The molecule has 1 amide bonds. The minimum Gasteiger partial charge on any atom is -0.491 e. The topological polar surface area (TPSA) is 59.6 Å². The standard InChI is InChI=1S/C24H24N2O3S/c1-2-28-16-17-29-22-14-12-21(13-15-22)25-24(30)26-23(27)20-10-8-19(9-11-20)18-6-4-3-5-7-18/h3-15H,2,16-17H2,1H3,(H2,25,26,27,30). The number of hydrogen-bond acceptors (Lipinski definition) is 4. The highest BCUT2D eigenvalue weighted by atomic mass is 32.1. The van der Waals surface area contributed by atoms with Crippen molar-refractivity contribution in [3.05, 3.63) is 84.4 Å². The zero-order chi connectivity index (χ0) is 21.2. The van der Waals surface area contributed by atoms with Crippen LogP contribution in [0.25, 0.3) is 11.1 Å². The van der Waals surface area contributed by atoms with Gasteiger partial charge in [-0.25, -0.2) is 0 Å². The van der Waals surface area contributed by atoms with Crippen LogP contribution in [0.3, 0.4) is 0 Å². The number of nitrogens with one attached hydrogen (secondary N) is 2. The van der Waals surface area contributed by atoms with Crippen LogP contribution in [-0.2, 0) is 4.74 Å². The van der Waals surface area contributed by atoms with Crippen LogP contribution in [0.5, 0.6) is 5.75 Å². The van der Waals surface area contributed by atoms with Crippen molar-refractivity contribution in [2.75, 3.05) is 25.1 Å². The third-order valence-corrected chi connectivity index (χ3v) is 4.50. The molecule has 2 N–H and O–H groups in total. The van der Waals surface area contributed by atoms with Crippen molar-refractivity contribution in [2.24, 2.45) is 0 Å². The predicted octanol–water partition coefficient (Wildman–Crippen LogP) is 4.90. The van der Waals surface area contributed by atoms with Crippen molar-refractivity contribution in [2.45, 2.75) is 6.92 Å². The largest absolute Gasteiger partial charge is 0.491 e. The quantitative estimate of drug-likeness (QED) is 0.401. The van der Waals surface area contributed by atoms with Crippen LogP contribution < -0.4 is 15.4 Å². The van der Waals surface area contributed by atoms with Gasteiger partial charge in [-0.3, -0.25) is 10.1 Å². The molecule has 0 spiro atoms. The Kier molecular flexibility index (Phi) is 7.94. The zero-order valence-electron chi connectivity index (χ0n) is 16.8. The maximum absolute atomic E-state index is 12.4. The molecular weight excluding hydrogens is 396 g/mol. The van der Waals surface area contributed by atoms with Crippen molar-refractivity contribution >= 4 is 28.9 Å². The summed E-state index contributed by atoms with van der Waals surface area (Å²) in [5, 5.41) is 5.94. The number of benzene rings is 3. The van der Waals surface area contributed by atoms with Crippen LogP contribution in [0.4, 0.5) is 5.69 Å². The molecule has 154 valence electrons. The summed E-state index contributed by atoms with van der Waals surface area (Å²) in [4.78, 5) is 12.4. The number of thiocarbonyl (C=S) groups is 1. The minimum absolute atomic E-state index is 0.233. The summed E-state index contributed by atoms with van der Waals surface area (Å²) in [6.07, 6.45) is 0. The molecule has 0 aromatic heterocycles. The molecule has 30 heavy (non-hydrogen) atoms. The van der Waals surface area contributed by atoms with Crippen LogP contribution in [0.15, 0.2) is 78.9 Å². The Morgan fingerprint density at radius 1 is 0.867 bits per heavy atom. The molecule has 0 atom stereocenters. The Hall–Kier alpha value is -3.22. The van der Waals surface area contributed by atoms with Gasteiger partial charge in [0.05, 0.1) is 6.61 Å². The van der Waals surface area contributed by atoms with Crippen LogP contribution in [0.2, 0.25) is 0 Å². The summed E-state index contributed by atoms with van der Waals surface area (Å²) in [5.74, 6) is 0.483. The lowest BCUT2D eigenvalue weighted by molar-refractivity contribution is 0.0977. The van der Waals surface area contributed by atoms with Crippen LogP contribution in [0.1, 0.15) is 17.3 Å². The molecule has 0 unspecified atom stereocenters. The SMILES string of the molecule is CCOCCOc1ccc(NC(=S)NC(=O)c2ccc(-c3ccccc3)cc2)cc1. The van der Waals surface area contributed by atoms with Gasteiger partial charge in [-0.05, 0) is 66.7 Å². The highest BCUT2D eigenvalue weighted by Crippen LogP contribution is 2.19. The monoisotopic (exact) mass is 420 g/mol. The summed E-state index contributed by atoms with van der Waals surface area (Å²) in [6.45, 7) is 3.67. The maximum Gasteiger partial charge on any atom is 0.257 e. The Morgan fingerprint density at radius 2 is 1.53 bits per heavy atom. The summed E-state index contributed by atoms with van der Waals surface area (Å²) in [7, 11) is 0. The van der Waals surface area contributed by atoms with E-state index in [0.717, 1.165) is 22.6 Å². The molecule has 0 fully saturated rings. The summed E-state index contributed by atoms with van der Waals surface area (Å²) >= 11 is 5.26. The first kappa shape index (κ1) is 21.5. The number of hydrogen-bond donors (Lipinski definition) is 2. The first-order valence-corrected chi connectivity index (χ1v) is 10.1. The van der Waals surface area contributed by atoms with Crippen molar-refractivity contribution in [3.8, 4) is 16.9 Å². The van der Waals surface area contributed by atoms with E-state index in [2.05, 4.69) is 10.6 Å². The normalized spacial score (nSPS) is 10.3. The fraction of sp³-hybridized carbons (Fsp3) is 0.167. The molecule has 3 aromatic rings. The van der Waals surface area contributed by atoms with E-state index in [1.807, 2.05) is 73.7 Å². The van der Waals surface area contributed by atoms with Gasteiger partial charge in [0.1, 0.15) is 12.4 Å². The highest BCUT2D eigenvalue weighted by molar-refractivity contribution is 7.80. The smallest absolute Gasteiger partial charge is 0.257 e. The number of anilines is 1. The number of amides is 1. The second-order valence-electron chi connectivity index (χ2n) is 6.42.